The van der Waals surface area contributed by atoms with Gasteiger partial charge in [0, 0.05) is 0 Å². The zero-order valence-corrected chi connectivity index (χ0v) is 16.0. The number of anilines is 1. The fourth-order valence-corrected chi connectivity index (χ4v) is 4.27. The molecule has 1 aromatic carbocycles. The number of hydrogen-bond donors (Lipinski definition) is 1. The van der Waals surface area contributed by atoms with Crippen molar-refractivity contribution in [3.63, 3.8) is 0 Å². The Labute approximate surface area is 158 Å². The number of likely N-dealkylation sites (tertiary alicyclic amines) is 1. The highest BCUT2D eigenvalue weighted by atomic mass is 32.1. The molecule has 0 bridgehead atoms. The van der Waals surface area contributed by atoms with Crippen LogP contribution in [0.2, 0.25) is 0 Å². The van der Waals surface area contributed by atoms with Crippen LogP contribution in [0.25, 0.3) is 0 Å². The maximum Gasteiger partial charge on any atom is 0.348 e. The van der Waals surface area contributed by atoms with Gasteiger partial charge in [-0.15, -0.1) is 11.3 Å². The molecule has 0 aliphatic carbocycles. The molecule has 0 spiro atoms. The summed E-state index contributed by atoms with van der Waals surface area (Å²) in [7, 11) is 0. The first-order valence-electron chi connectivity index (χ1n) is 8.97. The van der Waals surface area contributed by atoms with E-state index in [2.05, 4.69) is 10.2 Å². The van der Waals surface area contributed by atoms with Gasteiger partial charge in [-0.3, -0.25) is 9.69 Å². The minimum Gasteiger partial charge on any atom is -0.462 e. The van der Waals surface area contributed by atoms with Crippen LogP contribution in [0.4, 0.5) is 5.00 Å². The van der Waals surface area contributed by atoms with Crippen molar-refractivity contribution < 1.29 is 14.3 Å². The molecular formula is C20H24N2O3S. The van der Waals surface area contributed by atoms with E-state index >= 15 is 0 Å². The zero-order chi connectivity index (χ0) is 18.5. The highest BCUT2D eigenvalue weighted by Crippen LogP contribution is 2.31. The van der Waals surface area contributed by atoms with E-state index in [4.69, 9.17) is 4.74 Å². The number of hydrogen-bond acceptors (Lipinski definition) is 5. The number of carbonyl (C=O) groups is 2. The summed E-state index contributed by atoms with van der Waals surface area (Å²) in [5, 5.41) is 3.68. The largest absolute Gasteiger partial charge is 0.462 e. The summed E-state index contributed by atoms with van der Waals surface area (Å²) in [5.41, 5.74) is 1.81. The van der Waals surface area contributed by atoms with Crippen molar-refractivity contribution in [3.8, 4) is 0 Å². The molecule has 1 saturated heterocycles. The predicted molar refractivity (Wildman–Crippen MR) is 104 cm³/mol. The predicted octanol–water partition coefficient (Wildman–Crippen LogP) is 4.01. The molecule has 2 aromatic rings. The number of carbonyl (C=O) groups excluding carboxylic acids is 2. The molecule has 3 rings (SSSR count). The average Bonchev–Trinajstić information content (AvgIpc) is 3.26. The van der Waals surface area contributed by atoms with Crippen LogP contribution in [0.15, 0.2) is 36.4 Å². The fourth-order valence-electron chi connectivity index (χ4n) is 3.30. The van der Waals surface area contributed by atoms with Crippen molar-refractivity contribution in [2.24, 2.45) is 0 Å². The van der Waals surface area contributed by atoms with E-state index in [1.807, 2.05) is 43.3 Å². The van der Waals surface area contributed by atoms with Gasteiger partial charge in [-0.2, -0.15) is 0 Å². The highest BCUT2D eigenvalue weighted by molar-refractivity contribution is 7.18. The molecule has 1 aromatic heterocycles. The van der Waals surface area contributed by atoms with Crippen molar-refractivity contribution in [3.05, 3.63) is 52.4 Å². The zero-order valence-electron chi connectivity index (χ0n) is 15.2. The van der Waals surface area contributed by atoms with Crippen LogP contribution >= 0.6 is 11.3 Å². The molecule has 1 fully saturated rings. The lowest BCUT2D eigenvalue weighted by atomic mass is 10.0. The lowest BCUT2D eigenvalue weighted by Gasteiger charge is -2.26. The first kappa shape index (κ1) is 18.6. The van der Waals surface area contributed by atoms with E-state index in [9.17, 15) is 9.59 Å². The monoisotopic (exact) mass is 372 g/mol. The molecule has 0 saturated carbocycles. The number of rotatable bonds is 6. The average molecular weight is 372 g/mol. The Morgan fingerprint density at radius 1 is 1.23 bits per heavy atom. The van der Waals surface area contributed by atoms with E-state index in [0.717, 1.165) is 37.1 Å². The van der Waals surface area contributed by atoms with E-state index in [-0.39, 0.29) is 17.9 Å². The molecular weight excluding hydrogens is 348 g/mol. The summed E-state index contributed by atoms with van der Waals surface area (Å²) >= 11 is 1.27. The quantitative estimate of drug-likeness (QED) is 0.779. The topological polar surface area (TPSA) is 58.6 Å². The fraction of sp³-hybridized carbons (Fsp3) is 0.400. The Kier molecular flexibility index (Phi) is 6.06. The molecule has 26 heavy (non-hydrogen) atoms. The van der Waals surface area contributed by atoms with Gasteiger partial charge in [0.1, 0.15) is 10.9 Å². The number of aryl methyl sites for hydroxylation is 1. The van der Waals surface area contributed by atoms with Crippen molar-refractivity contribution in [2.75, 3.05) is 25.0 Å². The summed E-state index contributed by atoms with van der Waals surface area (Å²) in [5.74, 6) is -0.399. The van der Waals surface area contributed by atoms with Gasteiger partial charge < -0.3 is 10.1 Å². The second kappa shape index (κ2) is 8.47. The molecule has 1 amide bonds. The molecule has 1 aliphatic heterocycles. The highest BCUT2D eigenvalue weighted by Gasteiger charge is 2.30. The number of benzene rings is 1. The minimum absolute atomic E-state index is 0.0604. The number of nitrogens with one attached hydrogen (secondary N) is 1. The van der Waals surface area contributed by atoms with Crippen molar-refractivity contribution >= 4 is 28.2 Å². The Bertz CT molecular complexity index is 767. The Balaban J connectivity index is 1.80. The smallest absolute Gasteiger partial charge is 0.348 e. The summed E-state index contributed by atoms with van der Waals surface area (Å²) < 4.78 is 5.08. The third-order valence-electron chi connectivity index (χ3n) is 4.49. The number of esters is 1. The van der Waals surface area contributed by atoms with Crippen LogP contribution in [-0.2, 0) is 9.53 Å². The third-order valence-corrected chi connectivity index (χ3v) is 5.63. The molecule has 1 atom stereocenters. The molecule has 1 aliphatic rings. The lowest BCUT2D eigenvalue weighted by Crippen LogP contribution is -2.35. The summed E-state index contributed by atoms with van der Waals surface area (Å²) in [4.78, 5) is 27.8. The van der Waals surface area contributed by atoms with Crippen LogP contribution in [-0.4, -0.2) is 36.5 Å². The van der Waals surface area contributed by atoms with Crippen molar-refractivity contribution in [1.29, 1.82) is 0 Å². The van der Waals surface area contributed by atoms with Gasteiger partial charge in [-0.25, -0.2) is 4.79 Å². The summed E-state index contributed by atoms with van der Waals surface area (Å²) in [6.07, 6.45) is 2.23. The number of amides is 1. The van der Waals surface area contributed by atoms with Crippen molar-refractivity contribution in [2.45, 2.75) is 32.7 Å². The second-order valence-corrected chi connectivity index (χ2v) is 7.44. The molecule has 0 radical (unpaired) electrons. The first-order chi connectivity index (χ1) is 12.6. The van der Waals surface area contributed by atoms with Gasteiger partial charge in [0.25, 0.3) is 0 Å². The SMILES string of the molecule is CCOC(=O)c1sc(NC(=O)C(c2ccccc2)N2CCCC2)cc1C. The second-order valence-electron chi connectivity index (χ2n) is 6.39. The maximum atomic E-state index is 13.1. The van der Waals surface area contributed by atoms with Crippen molar-refractivity contribution in [1.82, 2.24) is 4.90 Å². The van der Waals surface area contributed by atoms with E-state index < -0.39 is 0 Å². The number of nitrogens with zero attached hydrogens (tertiary/aromatic N) is 1. The first-order valence-corrected chi connectivity index (χ1v) is 9.79. The third kappa shape index (κ3) is 4.14. The summed E-state index contributed by atoms with van der Waals surface area (Å²) in [6.45, 7) is 5.82. The molecule has 1 N–H and O–H groups in total. The van der Waals surface area contributed by atoms with E-state index in [1.165, 1.54) is 11.3 Å². The van der Waals surface area contributed by atoms with Gasteiger partial charge in [-0.05, 0) is 57.0 Å². The van der Waals surface area contributed by atoms with E-state index in [0.29, 0.717) is 16.5 Å². The number of ether oxygens (including phenoxy) is 1. The summed E-state index contributed by atoms with van der Waals surface area (Å²) in [6, 6.07) is 11.4. The molecule has 2 heterocycles. The van der Waals surface area contributed by atoms with Crippen LogP contribution < -0.4 is 5.32 Å². The van der Waals surface area contributed by atoms with E-state index in [1.54, 1.807) is 6.92 Å². The molecule has 138 valence electrons. The van der Waals surface area contributed by atoms with Crippen LogP contribution in [0.5, 0.6) is 0 Å². The Morgan fingerprint density at radius 2 is 1.92 bits per heavy atom. The molecule has 5 nitrogen and oxygen atoms in total. The maximum absolute atomic E-state index is 13.1. The van der Waals surface area contributed by atoms with Gasteiger partial charge in [0.15, 0.2) is 0 Å². The Hall–Kier alpha value is -2.18. The van der Waals surface area contributed by atoms with Gasteiger partial charge in [0.05, 0.1) is 11.6 Å². The van der Waals surface area contributed by atoms with Gasteiger partial charge in [0.2, 0.25) is 5.91 Å². The molecule has 1 unspecified atom stereocenters. The van der Waals surface area contributed by atoms with Crippen LogP contribution in [0.3, 0.4) is 0 Å². The normalized spacial score (nSPS) is 15.6. The van der Waals surface area contributed by atoms with Crippen LogP contribution in [0.1, 0.15) is 46.6 Å². The molecule has 6 heteroatoms. The standard InChI is InChI=1S/C20H24N2O3S/c1-3-25-20(24)18-14(2)13-16(26-18)21-19(23)17(22-11-7-8-12-22)15-9-5-4-6-10-15/h4-6,9-10,13,17H,3,7-8,11-12H2,1-2H3,(H,21,23). The van der Waals surface area contributed by atoms with Gasteiger partial charge in [-0.1, -0.05) is 30.3 Å². The minimum atomic E-state index is -0.338. The number of thiophene rings is 1. The van der Waals surface area contributed by atoms with Crippen LogP contribution in [0, 0.1) is 6.92 Å². The Morgan fingerprint density at radius 3 is 2.58 bits per heavy atom. The lowest BCUT2D eigenvalue weighted by molar-refractivity contribution is -0.121. The van der Waals surface area contributed by atoms with Gasteiger partial charge >= 0.3 is 5.97 Å².